The minimum Gasteiger partial charge on any atom is -0.378 e. The highest BCUT2D eigenvalue weighted by atomic mass is 16.5. The number of nitrogens with zero attached hydrogens (tertiary/aromatic N) is 1. The van der Waals surface area contributed by atoms with Crippen molar-refractivity contribution in [3.63, 3.8) is 0 Å². The number of aromatic nitrogens is 2. The zero-order valence-electron chi connectivity index (χ0n) is 9.25. The number of carbonyl (C=O) groups excluding carboxylic acids is 1. The van der Waals surface area contributed by atoms with Crippen molar-refractivity contribution in [2.24, 2.45) is 0 Å². The minimum atomic E-state index is -0.0985. The highest BCUT2D eigenvalue weighted by molar-refractivity contribution is 5.94. The summed E-state index contributed by atoms with van der Waals surface area (Å²) in [5.41, 5.74) is 1.38. The number of nitrogens with one attached hydrogen (secondary N) is 3. The molecule has 6 heteroatoms. The van der Waals surface area contributed by atoms with Crippen molar-refractivity contribution in [2.45, 2.75) is 13.0 Å². The van der Waals surface area contributed by atoms with Crippen LogP contribution in [0.4, 0.5) is 0 Å². The van der Waals surface area contributed by atoms with E-state index in [-0.39, 0.29) is 11.9 Å². The van der Waals surface area contributed by atoms with Crippen molar-refractivity contribution < 1.29 is 9.53 Å². The normalized spacial score (nSPS) is 20.7. The fraction of sp³-hybridized carbons (Fsp3) is 0.600. The molecule has 0 spiro atoms. The SMILES string of the molecule is Cc1[nH]ncc1C(=O)NCC1COCCN1. The summed E-state index contributed by atoms with van der Waals surface area (Å²) in [4.78, 5) is 11.7. The van der Waals surface area contributed by atoms with Crippen LogP contribution in [0.3, 0.4) is 0 Å². The summed E-state index contributed by atoms with van der Waals surface area (Å²) < 4.78 is 5.30. The molecule has 0 saturated carbocycles. The largest absolute Gasteiger partial charge is 0.378 e. The summed E-state index contributed by atoms with van der Waals surface area (Å²) in [6.07, 6.45) is 1.54. The second-order valence-electron chi connectivity index (χ2n) is 3.84. The topological polar surface area (TPSA) is 79.0 Å². The summed E-state index contributed by atoms with van der Waals surface area (Å²) in [5, 5.41) is 12.7. The Morgan fingerprint density at radius 1 is 1.75 bits per heavy atom. The van der Waals surface area contributed by atoms with Crippen molar-refractivity contribution in [1.29, 1.82) is 0 Å². The highest BCUT2D eigenvalue weighted by Crippen LogP contribution is 2.01. The predicted molar refractivity (Wildman–Crippen MR) is 58.3 cm³/mol. The Morgan fingerprint density at radius 3 is 3.25 bits per heavy atom. The molecule has 0 aliphatic carbocycles. The monoisotopic (exact) mass is 224 g/mol. The van der Waals surface area contributed by atoms with E-state index >= 15 is 0 Å². The van der Waals surface area contributed by atoms with Gasteiger partial charge in [-0.25, -0.2) is 0 Å². The first-order valence-electron chi connectivity index (χ1n) is 5.36. The van der Waals surface area contributed by atoms with Gasteiger partial charge in [0.15, 0.2) is 0 Å². The van der Waals surface area contributed by atoms with Crippen molar-refractivity contribution in [1.82, 2.24) is 20.8 Å². The second-order valence-corrected chi connectivity index (χ2v) is 3.84. The number of ether oxygens (including phenoxy) is 1. The third-order valence-corrected chi connectivity index (χ3v) is 2.58. The molecule has 16 heavy (non-hydrogen) atoms. The van der Waals surface area contributed by atoms with Crippen LogP contribution in [0.15, 0.2) is 6.20 Å². The van der Waals surface area contributed by atoms with Crippen LogP contribution in [0.25, 0.3) is 0 Å². The maximum Gasteiger partial charge on any atom is 0.254 e. The van der Waals surface area contributed by atoms with Gasteiger partial charge in [0, 0.05) is 24.8 Å². The van der Waals surface area contributed by atoms with Crippen LogP contribution in [0, 0.1) is 6.92 Å². The fourth-order valence-corrected chi connectivity index (χ4v) is 1.64. The molecule has 0 radical (unpaired) electrons. The Hall–Kier alpha value is -1.40. The molecule has 88 valence electrons. The van der Waals surface area contributed by atoms with Gasteiger partial charge in [-0.1, -0.05) is 0 Å². The second kappa shape index (κ2) is 5.09. The van der Waals surface area contributed by atoms with E-state index in [1.54, 1.807) is 0 Å². The Labute approximate surface area is 93.8 Å². The summed E-state index contributed by atoms with van der Waals surface area (Å²) >= 11 is 0. The average Bonchev–Trinajstić information content (AvgIpc) is 2.74. The van der Waals surface area contributed by atoms with E-state index in [9.17, 15) is 4.79 Å². The molecule has 6 nitrogen and oxygen atoms in total. The van der Waals surface area contributed by atoms with Crippen LogP contribution in [0.2, 0.25) is 0 Å². The van der Waals surface area contributed by atoms with Gasteiger partial charge in [-0.3, -0.25) is 9.89 Å². The Morgan fingerprint density at radius 2 is 2.62 bits per heavy atom. The summed E-state index contributed by atoms with van der Waals surface area (Å²) in [5.74, 6) is -0.0985. The zero-order chi connectivity index (χ0) is 11.4. The molecule has 1 atom stereocenters. The van der Waals surface area contributed by atoms with Crippen molar-refractivity contribution in [3.05, 3.63) is 17.5 Å². The van der Waals surface area contributed by atoms with E-state index in [0.717, 1.165) is 18.8 Å². The van der Waals surface area contributed by atoms with Crippen LogP contribution in [-0.2, 0) is 4.74 Å². The molecule has 2 rings (SSSR count). The average molecular weight is 224 g/mol. The molecule has 1 fully saturated rings. The lowest BCUT2D eigenvalue weighted by Crippen LogP contribution is -2.48. The molecule has 1 amide bonds. The van der Waals surface area contributed by atoms with Gasteiger partial charge in [0.25, 0.3) is 5.91 Å². The van der Waals surface area contributed by atoms with Gasteiger partial charge in [-0.15, -0.1) is 0 Å². The lowest BCUT2D eigenvalue weighted by molar-refractivity contribution is 0.0734. The van der Waals surface area contributed by atoms with Gasteiger partial charge in [0.05, 0.1) is 25.0 Å². The number of amides is 1. The van der Waals surface area contributed by atoms with Gasteiger partial charge in [-0.2, -0.15) is 5.10 Å². The van der Waals surface area contributed by atoms with E-state index in [1.807, 2.05) is 6.92 Å². The third-order valence-electron chi connectivity index (χ3n) is 2.58. The number of rotatable bonds is 3. The Kier molecular flexibility index (Phi) is 3.53. The molecule has 1 aromatic heterocycles. The summed E-state index contributed by atoms with van der Waals surface area (Å²) in [6.45, 7) is 4.62. The molecule has 3 N–H and O–H groups in total. The standard InChI is InChI=1S/C10H16N4O2/c1-7-9(5-13-14-7)10(15)12-4-8-6-16-3-2-11-8/h5,8,11H,2-4,6H2,1H3,(H,12,15)(H,13,14). The van der Waals surface area contributed by atoms with Crippen LogP contribution in [-0.4, -0.2) is 48.4 Å². The van der Waals surface area contributed by atoms with Crippen molar-refractivity contribution in [2.75, 3.05) is 26.3 Å². The number of morpholine rings is 1. The molecule has 1 aliphatic rings. The first-order chi connectivity index (χ1) is 7.77. The molecule has 1 aromatic rings. The van der Waals surface area contributed by atoms with Crippen LogP contribution in [0.5, 0.6) is 0 Å². The number of aromatic amines is 1. The molecular weight excluding hydrogens is 208 g/mol. The Bertz CT molecular complexity index is 357. The molecule has 1 unspecified atom stereocenters. The molecule has 0 aromatic carbocycles. The molecule has 0 bridgehead atoms. The number of aryl methyl sites for hydroxylation is 1. The Balaban J connectivity index is 1.81. The highest BCUT2D eigenvalue weighted by Gasteiger charge is 2.15. The van der Waals surface area contributed by atoms with Gasteiger partial charge in [0.1, 0.15) is 0 Å². The van der Waals surface area contributed by atoms with Crippen molar-refractivity contribution in [3.8, 4) is 0 Å². The van der Waals surface area contributed by atoms with E-state index in [4.69, 9.17) is 4.74 Å². The first kappa shape index (κ1) is 11.1. The minimum absolute atomic E-state index is 0.0985. The number of carbonyl (C=O) groups is 1. The molecule has 2 heterocycles. The van der Waals surface area contributed by atoms with E-state index in [2.05, 4.69) is 20.8 Å². The number of hydrogen-bond acceptors (Lipinski definition) is 4. The fourth-order valence-electron chi connectivity index (χ4n) is 1.64. The first-order valence-corrected chi connectivity index (χ1v) is 5.36. The quantitative estimate of drug-likeness (QED) is 0.643. The lowest BCUT2D eigenvalue weighted by Gasteiger charge is -2.23. The van der Waals surface area contributed by atoms with E-state index in [0.29, 0.717) is 18.7 Å². The van der Waals surface area contributed by atoms with Gasteiger partial charge in [0.2, 0.25) is 0 Å². The third kappa shape index (κ3) is 2.59. The van der Waals surface area contributed by atoms with Gasteiger partial charge in [-0.05, 0) is 6.92 Å². The van der Waals surface area contributed by atoms with Crippen LogP contribution < -0.4 is 10.6 Å². The lowest BCUT2D eigenvalue weighted by atomic mass is 10.2. The maximum atomic E-state index is 11.7. The van der Waals surface area contributed by atoms with Crippen LogP contribution >= 0.6 is 0 Å². The van der Waals surface area contributed by atoms with E-state index < -0.39 is 0 Å². The molecule has 1 aliphatic heterocycles. The predicted octanol–water partition coefficient (Wildman–Crippen LogP) is -0.564. The maximum absolute atomic E-state index is 11.7. The summed E-state index contributed by atoms with van der Waals surface area (Å²) in [7, 11) is 0. The zero-order valence-corrected chi connectivity index (χ0v) is 9.25. The van der Waals surface area contributed by atoms with E-state index in [1.165, 1.54) is 6.20 Å². The number of H-pyrrole nitrogens is 1. The number of hydrogen-bond donors (Lipinski definition) is 3. The smallest absolute Gasteiger partial charge is 0.254 e. The molecule has 1 saturated heterocycles. The van der Waals surface area contributed by atoms with Crippen LogP contribution in [0.1, 0.15) is 16.1 Å². The summed E-state index contributed by atoms with van der Waals surface area (Å²) in [6, 6.07) is 0.199. The van der Waals surface area contributed by atoms with Gasteiger partial charge < -0.3 is 15.4 Å². The van der Waals surface area contributed by atoms with Gasteiger partial charge >= 0.3 is 0 Å². The van der Waals surface area contributed by atoms with Crippen molar-refractivity contribution >= 4 is 5.91 Å². The molecular formula is C10H16N4O2.